The van der Waals surface area contributed by atoms with Crippen molar-refractivity contribution in [3.05, 3.63) is 164 Å². The molecule has 0 unspecified atom stereocenters. The highest BCUT2D eigenvalue weighted by Gasteiger charge is 2.18. The second-order valence-corrected chi connectivity index (χ2v) is 12.4. The lowest BCUT2D eigenvalue weighted by molar-refractivity contribution is 0.669. The van der Waals surface area contributed by atoms with Crippen LogP contribution in [-0.4, -0.2) is 15.0 Å². The van der Waals surface area contributed by atoms with Crippen LogP contribution in [0.5, 0.6) is 0 Å². The topological polar surface area (TPSA) is 65.0 Å². The molecule has 0 radical (unpaired) electrons. The van der Waals surface area contributed by atoms with Crippen LogP contribution in [0.3, 0.4) is 0 Å². The molecule has 0 bridgehead atoms. The van der Waals surface area contributed by atoms with E-state index in [9.17, 15) is 0 Å². The fraction of sp³-hybridized carbons (Fsp3) is 0. The zero-order valence-corrected chi connectivity index (χ0v) is 26.7. The molecule has 0 saturated heterocycles. The molecule has 0 spiro atoms. The molecule has 50 heavy (non-hydrogen) atoms. The Morgan fingerprint density at radius 3 is 1.52 bits per heavy atom. The third kappa shape index (κ3) is 4.75. The Morgan fingerprint density at radius 1 is 0.300 bits per heavy atom. The highest BCUT2D eigenvalue weighted by atomic mass is 16.3. The van der Waals surface area contributed by atoms with Crippen LogP contribution in [0.2, 0.25) is 0 Å². The summed E-state index contributed by atoms with van der Waals surface area (Å²) in [5.41, 5.74) is 10.3. The van der Waals surface area contributed by atoms with Crippen molar-refractivity contribution in [2.75, 3.05) is 0 Å². The molecule has 10 rings (SSSR count). The quantitative estimate of drug-likeness (QED) is 0.187. The summed E-state index contributed by atoms with van der Waals surface area (Å²) in [5.74, 6) is 1.83. The molecular weight excluding hydrogens is 615 g/mol. The summed E-state index contributed by atoms with van der Waals surface area (Å²) in [6.07, 6.45) is 0. The minimum Gasteiger partial charge on any atom is -0.456 e. The number of para-hydroxylation sites is 3. The molecule has 0 atom stereocenters. The highest BCUT2D eigenvalue weighted by molar-refractivity contribution is 6.10. The number of hydrogen-bond acceptors (Lipinski definition) is 5. The van der Waals surface area contributed by atoms with Gasteiger partial charge in [0.25, 0.3) is 0 Å². The number of nitrogens with zero attached hydrogens (tertiary/aromatic N) is 3. The first-order chi connectivity index (χ1) is 24.7. The number of furan rings is 2. The number of fused-ring (bicyclic) bond motifs is 6. The van der Waals surface area contributed by atoms with Crippen molar-refractivity contribution < 1.29 is 8.83 Å². The van der Waals surface area contributed by atoms with Gasteiger partial charge in [0.1, 0.15) is 22.3 Å². The Kier molecular flexibility index (Phi) is 6.42. The second-order valence-electron chi connectivity index (χ2n) is 12.4. The average Bonchev–Trinajstić information content (AvgIpc) is 3.76. The zero-order valence-electron chi connectivity index (χ0n) is 26.7. The van der Waals surface area contributed by atoms with Crippen LogP contribution >= 0.6 is 0 Å². The molecular formula is C45H27N3O2. The molecule has 0 aliphatic rings. The Bertz CT molecular complexity index is 2810. The Labute approximate surface area is 287 Å². The summed E-state index contributed by atoms with van der Waals surface area (Å²) in [4.78, 5) is 15.1. The first-order valence-corrected chi connectivity index (χ1v) is 16.6. The van der Waals surface area contributed by atoms with E-state index in [0.29, 0.717) is 17.5 Å². The molecule has 0 aliphatic carbocycles. The van der Waals surface area contributed by atoms with Gasteiger partial charge in [-0.25, -0.2) is 15.0 Å². The van der Waals surface area contributed by atoms with Gasteiger partial charge in [0.2, 0.25) is 0 Å². The Morgan fingerprint density at radius 2 is 0.820 bits per heavy atom. The summed E-state index contributed by atoms with van der Waals surface area (Å²) in [7, 11) is 0. The fourth-order valence-electron chi connectivity index (χ4n) is 6.90. The van der Waals surface area contributed by atoms with Gasteiger partial charge in [-0.3, -0.25) is 0 Å². The number of benzene rings is 7. The molecule has 3 heterocycles. The second kappa shape index (κ2) is 11.4. The largest absolute Gasteiger partial charge is 0.456 e. The smallest absolute Gasteiger partial charge is 0.164 e. The fourth-order valence-corrected chi connectivity index (χ4v) is 6.90. The number of aromatic nitrogens is 3. The third-order valence-electron chi connectivity index (χ3n) is 9.32. The molecule has 0 fully saturated rings. The van der Waals surface area contributed by atoms with Crippen LogP contribution < -0.4 is 0 Å². The summed E-state index contributed by atoms with van der Waals surface area (Å²) >= 11 is 0. The van der Waals surface area contributed by atoms with E-state index in [1.165, 1.54) is 0 Å². The number of hydrogen-bond donors (Lipinski definition) is 0. The first kappa shape index (κ1) is 28.2. The van der Waals surface area contributed by atoms with Crippen LogP contribution in [-0.2, 0) is 0 Å². The van der Waals surface area contributed by atoms with E-state index in [0.717, 1.165) is 82.8 Å². The SMILES string of the molecule is c1ccc(-c2nc(-c3ccccc3)nc(-c3cc(-c4ccc5oc6ccccc6c5c4)cc(-c4cccc5c4oc4ccccc45)c3)n2)cc1. The van der Waals surface area contributed by atoms with Crippen molar-refractivity contribution in [3.63, 3.8) is 0 Å². The van der Waals surface area contributed by atoms with Crippen LogP contribution in [0.15, 0.2) is 173 Å². The maximum Gasteiger partial charge on any atom is 0.164 e. The summed E-state index contributed by atoms with van der Waals surface area (Å²) in [6.45, 7) is 0. The molecule has 3 aromatic heterocycles. The molecule has 0 saturated carbocycles. The van der Waals surface area contributed by atoms with Crippen molar-refractivity contribution in [1.29, 1.82) is 0 Å². The van der Waals surface area contributed by atoms with Gasteiger partial charge in [0, 0.05) is 43.8 Å². The molecule has 5 nitrogen and oxygen atoms in total. The van der Waals surface area contributed by atoms with Gasteiger partial charge >= 0.3 is 0 Å². The normalized spacial score (nSPS) is 11.6. The van der Waals surface area contributed by atoms with Crippen molar-refractivity contribution in [2.24, 2.45) is 0 Å². The van der Waals surface area contributed by atoms with Crippen molar-refractivity contribution in [3.8, 4) is 56.4 Å². The van der Waals surface area contributed by atoms with E-state index in [1.54, 1.807) is 0 Å². The predicted molar refractivity (Wildman–Crippen MR) is 202 cm³/mol. The average molecular weight is 642 g/mol. The van der Waals surface area contributed by atoms with Gasteiger partial charge in [-0.1, -0.05) is 121 Å². The monoisotopic (exact) mass is 641 g/mol. The van der Waals surface area contributed by atoms with Crippen molar-refractivity contribution >= 4 is 43.9 Å². The lowest BCUT2D eigenvalue weighted by Gasteiger charge is -2.13. The van der Waals surface area contributed by atoms with Crippen molar-refractivity contribution in [1.82, 2.24) is 15.0 Å². The standard InChI is InChI=1S/C45H27N3O2/c1-3-12-28(13-4-1)43-46-44(29-14-5-2-6-15-29)48-45(47-43)33-25-31(30-22-23-41-38(27-30)36-17-8-9-20-39(36)49-41)24-32(26-33)34-18-11-19-37-35-16-7-10-21-40(35)50-42(34)37/h1-27H. The number of rotatable bonds is 5. The highest BCUT2D eigenvalue weighted by Crippen LogP contribution is 2.40. The van der Waals surface area contributed by atoms with Gasteiger partial charge in [-0.05, 0) is 59.2 Å². The lowest BCUT2D eigenvalue weighted by Crippen LogP contribution is -2.00. The van der Waals surface area contributed by atoms with E-state index >= 15 is 0 Å². The van der Waals surface area contributed by atoms with Crippen molar-refractivity contribution in [2.45, 2.75) is 0 Å². The van der Waals surface area contributed by atoms with E-state index < -0.39 is 0 Å². The lowest BCUT2D eigenvalue weighted by atomic mass is 9.94. The van der Waals surface area contributed by atoms with Gasteiger partial charge in [0.05, 0.1) is 0 Å². The van der Waals surface area contributed by atoms with Gasteiger partial charge in [-0.15, -0.1) is 0 Å². The van der Waals surface area contributed by atoms with Crippen LogP contribution in [0.1, 0.15) is 0 Å². The maximum atomic E-state index is 6.52. The molecule has 7 aromatic carbocycles. The van der Waals surface area contributed by atoms with Crippen LogP contribution in [0, 0.1) is 0 Å². The van der Waals surface area contributed by atoms with Gasteiger partial charge < -0.3 is 8.83 Å². The molecule has 0 N–H and O–H groups in total. The minimum absolute atomic E-state index is 0.590. The first-order valence-electron chi connectivity index (χ1n) is 16.6. The zero-order chi connectivity index (χ0) is 33.0. The molecule has 234 valence electrons. The summed E-state index contributed by atoms with van der Waals surface area (Å²) in [6, 6.07) is 55.8. The van der Waals surface area contributed by atoms with Gasteiger partial charge in [0.15, 0.2) is 17.5 Å². The molecule has 10 aromatic rings. The maximum absolute atomic E-state index is 6.52. The van der Waals surface area contributed by atoms with E-state index in [4.69, 9.17) is 23.8 Å². The summed E-state index contributed by atoms with van der Waals surface area (Å²) < 4.78 is 12.7. The van der Waals surface area contributed by atoms with Crippen LogP contribution in [0.25, 0.3) is 100 Å². The molecule has 5 heteroatoms. The van der Waals surface area contributed by atoms with E-state index in [1.807, 2.05) is 97.1 Å². The van der Waals surface area contributed by atoms with Crippen LogP contribution in [0.4, 0.5) is 0 Å². The minimum atomic E-state index is 0.590. The van der Waals surface area contributed by atoms with Gasteiger partial charge in [-0.2, -0.15) is 0 Å². The molecule has 0 aliphatic heterocycles. The Hall–Kier alpha value is -6.85. The summed E-state index contributed by atoms with van der Waals surface area (Å²) in [5, 5.41) is 4.33. The predicted octanol–water partition coefficient (Wildman–Crippen LogP) is 12.0. The van der Waals surface area contributed by atoms with E-state index in [-0.39, 0.29) is 0 Å². The Balaban J connectivity index is 1.24. The molecule has 0 amide bonds. The van der Waals surface area contributed by atoms with E-state index in [2.05, 4.69) is 66.7 Å². The third-order valence-corrected chi connectivity index (χ3v) is 9.32.